The van der Waals surface area contributed by atoms with E-state index >= 15 is 0 Å². The molecule has 8 nitrogen and oxygen atoms in total. The van der Waals surface area contributed by atoms with E-state index in [1.54, 1.807) is 55.5 Å². The second kappa shape index (κ2) is 12.5. The van der Waals surface area contributed by atoms with Crippen molar-refractivity contribution >= 4 is 15.9 Å². The Morgan fingerprint density at radius 3 is 2.59 bits per heavy atom. The standard InChI is InChI=1S/C28H37N3O5S/c1-20(2)7-6-8-23-9-10-27-25(15-23)36-26(21(3)17-31(22(4)19-32)37(27,34)35)18-30(5)28(33)16-24-11-13-29-14-12-24/h9-15,20-22,26,32H,7,16-19H2,1-5H3/t21-,22+,26-/m1/s1. The minimum absolute atomic E-state index is 0.0323. The van der Waals surface area contributed by atoms with E-state index in [0.717, 1.165) is 12.0 Å². The van der Waals surface area contributed by atoms with E-state index in [-0.39, 0.29) is 48.6 Å². The third-order valence-corrected chi connectivity index (χ3v) is 8.41. The number of hydrogen-bond donors (Lipinski definition) is 1. The van der Waals surface area contributed by atoms with Crippen molar-refractivity contribution < 1.29 is 23.1 Å². The highest BCUT2D eigenvalue weighted by atomic mass is 32.2. The van der Waals surface area contributed by atoms with Crippen molar-refractivity contribution in [2.24, 2.45) is 11.8 Å². The fourth-order valence-corrected chi connectivity index (χ4v) is 5.89. The van der Waals surface area contributed by atoms with E-state index in [1.807, 2.05) is 6.92 Å². The number of pyridine rings is 1. The number of aliphatic hydroxyl groups is 1. The fourth-order valence-electron chi connectivity index (χ4n) is 4.06. The van der Waals surface area contributed by atoms with Gasteiger partial charge >= 0.3 is 0 Å². The number of aliphatic hydroxyl groups excluding tert-OH is 1. The van der Waals surface area contributed by atoms with Crippen LogP contribution in [0.3, 0.4) is 0 Å². The average Bonchev–Trinajstić information content (AvgIpc) is 2.86. The molecule has 1 aliphatic heterocycles. The minimum Gasteiger partial charge on any atom is -0.487 e. The molecule has 1 aliphatic rings. The van der Waals surface area contributed by atoms with Gasteiger partial charge < -0.3 is 14.7 Å². The molecule has 3 rings (SSSR count). The highest BCUT2D eigenvalue weighted by Crippen LogP contribution is 2.34. The predicted octanol–water partition coefficient (Wildman–Crippen LogP) is 2.95. The molecule has 0 aliphatic carbocycles. The summed E-state index contributed by atoms with van der Waals surface area (Å²) in [5.74, 6) is 6.52. The van der Waals surface area contributed by atoms with Gasteiger partial charge in [-0.05, 0) is 48.7 Å². The lowest BCUT2D eigenvalue weighted by molar-refractivity contribution is -0.130. The molecular formula is C28H37N3O5S. The highest BCUT2D eigenvalue weighted by Gasteiger charge is 2.38. The predicted molar refractivity (Wildman–Crippen MR) is 142 cm³/mol. The van der Waals surface area contributed by atoms with Gasteiger partial charge in [0.15, 0.2) is 0 Å². The van der Waals surface area contributed by atoms with Crippen LogP contribution in [0.15, 0.2) is 47.6 Å². The second-order valence-electron chi connectivity index (χ2n) is 10.1. The molecule has 2 aromatic rings. The van der Waals surface area contributed by atoms with Crippen molar-refractivity contribution in [2.75, 3.05) is 26.7 Å². The van der Waals surface area contributed by atoms with Crippen LogP contribution in [0.2, 0.25) is 0 Å². The monoisotopic (exact) mass is 527 g/mol. The minimum atomic E-state index is -3.93. The molecule has 0 radical (unpaired) electrons. The lowest BCUT2D eigenvalue weighted by Crippen LogP contribution is -2.50. The zero-order valence-corrected chi connectivity index (χ0v) is 23.0. The highest BCUT2D eigenvalue weighted by molar-refractivity contribution is 7.89. The van der Waals surface area contributed by atoms with Gasteiger partial charge in [0.1, 0.15) is 16.7 Å². The van der Waals surface area contributed by atoms with E-state index in [9.17, 15) is 18.3 Å². The fraction of sp³-hybridized carbons (Fsp3) is 0.500. The lowest BCUT2D eigenvalue weighted by Gasteiger charge is -2.37. The van der Waals surface area contributed by atoms with Gasteiger partial charge in [0.05, 0.1) is 19.6 Å². The summed E-state index contributed by atoms with van der Waals surface area (Å²) in [6.45, 7) is 7.86. The number of hydrogen-bond acceptors (Lipinski definition) is 6. The first-order valence-corrected chi connectivity index (χ1v) is 14.0. The Labute approximate surface area is 220 Å². The number of ether oxygens (including phenoxy) is 1. The van der Waals surface area contributed by atoms with Gasteiger partial charge in [-0.15, -0.1) is 0 Å². The van der Waals surface area contributed by atoms with Crippen LogP contribution < -0.4 is 4.74 Å². The van der Waals surface area contributed by atoms with E-state index in [1.165, 1.54) is 10.4 Å². The largest absolute Gasteiger partial charge is 0.487 e. The van der Waals surface area contributed by atoms with Crippen LogP contribution in [0.1, 0.15) is 45.2 Å². The topological polar surface area (TPSA) is 100 Å². The van der Waals surface area contributed by atoms with Crippen molar-refractivity contribution in [1.29, 1.82) is 0 Å². The molecule has 0 bridgehead atoms. The van der Waals surface area contributed by atoms with E-state index in [0.29, 0.717) is 11.5 Å². The Bertz CT molecular complexity index is 1240. The van der Waals surface area contributed by atoms with Crippen molar-refractivity contribution in [3.05, 3.63) is 53.9 Å². The maximum absolute atomic E-state index is 13.6. The second-order valence-corrected chi connectivity index (χ2v) is 12.0. The van der Waals surface area contributed by atoms with Gasteiger partial charge in [0.25, 0.3) is 0 Å². The SMILES string of the molecule is CC(C)CC#Cc1ccc2c(c1)O[C@H](CN(C)C(=O)Cc1ccncc1)[C@H](C)CN([C@@H](C)CO)S2(=O)=O. The van der Waals surface area contributed by atoms with Crippen molar-refractivity contribution in [3.63, 3.8) is 0 Å². The number of rotatable bonds is 7. The number of fused-ring (bicyclic) bond motifs is 1. The van der Waals surface area contributed by atoms with Crippen LogP contribution >= 0.6 is 0 Å². The van der Waals surface area contributed by atoms with Crippen LogP contribution in [0, 0.1) is 23.7 Å². The number of likely N-dealkylation sites (N-methyl/N-ethyl adjacent to an activating group) is 1. The average molecular weight is 528 g/mol. The zero-order chi connectivity index (χ0) is 27.2. The molecule has 9 heteroatoms. The van der Waals surface area contributed by atoms with Crippen LogP contribution in [0.25, 0.3) is 0 Å². The molecule has 1 amide bonds. The molecule has 0 saturated heterocycles. The first-order valence-electron chi connectivity index (χ1n) is 12.6. The van der Waals surface area contributed by atoms with Crippen LogP contribution in [-0.2, 0) is 21.2 Å². The molecule has 1 N–H and O–H groups in total. The van der Waals surface area contributed by atoms with Crippen molar-refractivity contribution in [2.45, 2.75) is 57.6 Å². The Morgan fingerprint density at radius 1 is 1.24 bits per heavy atom. The summed E-state index contributed by atoms with van der Waals surface area (Å²) in [7, 11) is -2.21. The summed E-state index contributed by atoms with van der Waals surface area (Å²) in [5, 5.41) is 9.81. The van der Waals surface area contributed by atoms with Gasteiger partial charge in [0.2, 0.25) is 15.9 Å². The van der Waals surface area contributed by atoms with Gasteiger partial charge in [-0.1, -0.05) is 32.6 Å². The number of sulfonamides is 1. The Balaban J connectivity index is 1.95. The maximum Gasteiger partial charge on any atom is 0.247 e. The zero-order valence-electron chi connectivity index (χ0n) is 22.2. The molecule has 0 unspecified atom stereocenters. The van der Waals surface area contributed by atoms with Gasteiger partial charge in [-0.25, -0.2) is 8.42 Å². The molecule has 1 aromatic heterocycles. The smallest absolute Gasteiger partial charge is 0.247 e. The lowest BCUT2D eigenvalue weighted by atomic mass is 10.0. The van der Waals surface area contributed by atoms with Gasteiger partial charge in [-0.3, -0.25) is 9.78 Å². The molecular weight excluding hydrogens is 490 g/mol. The Morgan fingerprint density at radius 2 is 1.95 bits per heavy atom. The van der Waals surface area contributed by atoms with Crippen LogP contribution in [0.5, 0.6) is 5.75 Å². The van der Waals surface area contributed by atoms with Gasteiger partial charge in [-0.2, -0.15) is 4.31 Å². The maximum atomic E-state index is 13.6. The summed E-state index contributed by atoms with van der Waals surface area (Å²) >= 11 is 0. The first-order chi connectivity index (χ1) is 17.5. The number of carbonyl (C=O) groups excluding carboxylic acids is 1. The summed E-state index contributed by atoms with van der Waals surface area (Å²) in [6, 6.07) is 7.85. The summed E-state index contributed by atoms with van der Waals surface area (Å²) in [6.07, 6.45) is 3.78. The summed E-state index contributed by atoms with van der Waals surface area (Å²) in [4.78, 5) is 18.6. The van der Waals surface area contributed by atoms with Crippen molar-refractivity contribution in [3.8, 4) is 17.6 Å². The van der Waals surface area contributed by atoms with Crippen molar-refractivity contribution in [1.82, 2.24) is 14.2 Å². The van der Waals surface area contributed by atoms with E-state index in [4.69, 9.17) is 4.74 Å². The third-order valence-electron chi connectivity index (χ3n) is 6.39. The molecule has 200 valence electrons. The molecule has 2 heterocycles. The molecule has 37 heavy (non-hydrogen) atoms. The van der Waals surface area contributed by atoms with Crippen LogP contribution in [0.4, 0.5) is 0 Å². The first kappa shape index (κ1) is 28.6. The van der Waals surface area contributed by atoms with Gasteiger partial charge in [0, 0.05) is 49.9 Å². The molecule has 0 spiro atoms. The Kier molecular flexibility index (Phi) is 9.71. The molecule has 3 atom stereocenters. The van der Waals surface area contributed by atoms with Crippen LogP contribution in [-0.4, -0.2) is 72.5 Å². The number of carbonyl (C=O) groups is 1. The number of benzene rings is 1. The Hall–Kier alpha value is -2.93. The molecule has 0 saturated carbocycles. The summed E-state index contributed by atoms with van der Waals surface area (Å²) < 4.78 is 34.9. The summed E-state index contributed by atoms with van der Waals surface area (Å²) in [5.41, 5.74) is 1.52. The van der Waals surface area contributed by atoms with E-state index in [2.05, 4.69) is 30.7 Å². The normalized spacial score (nSPS) is 20.0. The molecule has 0 fully saturated rings. The van der Waals surface area contributed by atoms with E-state index < -0.39 is 22.2 Å². The number of nitrogens with zero attached hydrogens (tertiary/aromatic N) is 3. The number of amides is 1. The number of aromatic nitrogens is 1. The third kappa shape index (κ3) is 7.31. The molecule has 1 aromatic carbocycles. The quantitative estimate of drug-likeness (QED) is 0.556.